The maximum atomic E-state index is 13.6. The molecule has 1 aliphatic carbocycles. The van der Waals surface area contributed by atoms with Crippen LogP contribution >= 0.6 is 0 Å². The normalized spacial score (nSPS) is 19.0. The van der Waals surface area contributed by atoms with E-state index in [1.807, 2.05) is 24.4 Å². The van der Waals surface area contributed by atoms with Gasteiger partial charge in [-0.2, -0.15) is 0 Å². The first kappa shape index (κ1) is 22.5. The number of halogens is 1. The summed E-state index contributed by atoms with van der Waals surface area (Å²) in [4.78, 5) is 6.82. The van der Waals surface area contributed by atoms with Gasteiger partial charge in [-0.15, -0.1) is 0 Å². The number of nitrogens with zero attached hydrogens (tertiary/aromatic N) is 2. The van der Waals surface area contributed by atoms with Crippen LogP contribution in [0.1, 0.15) is 72.1 Å². The Bertz CT molecular complexity index is 864. The van der Waals surface area contributed by atoms with Crippen molar-refractivity contribution in [3.63, 3.8) is 0 Å². The van der Waals surface area contributed by atoms with Gasteiger partial charge in [0.2, 0.25) is 0 Å². The van der Waals surface area contributed by atoms with E-state index in [1.54, 1.807) is 12.1 Å². The average molecular weight is 409 g/mol. The third kappa shape index (κ3) is 5.71. The lowest BCUT2D eigenvalue weighted by atomic mass is 9.60. The second-order valence-electron chi connectivity index (χ2n) is 10.6. The molecule has 0 N–H and O–H groups in total. The van der Waals surface area contributed by atoms with Crippen LogP contribution in [0, 0.1) is 22.6 Å². The first-order valence-corrected chi connectivity index (χ1v) is 11.2. The van der Waals surface area contributed by atoms with Crippen LogP contribution in [-0.2, 0) is 13.0 Å². The molecule has 0 unspecified atom stereocenters. The molecule has 1 heterocycles. The van der Waals surface area contributed by atoms with Crippen LogP contribution in [0.15, 0.2) is 54.4 Å². The Balaban J connectivity index is 1.94. The third-order valence-electron chi connectivity index (χ3n) is 6.38. The van der Waals surface area contributed by atoms with Crippen molar-refractivity contribution in [2.75, 3.05) is 4.90 Å². The molecule has 0 spiro atoms. The van der Waals surface area contributed by atoms with Gasteiger partial charge >= 0.3 is 0 Å². The van der Waals surface area contributed by atoms with E-state index in [0.29, 0.717) is 16.7 Å². The molecule has 1 fully saturated rings. The predicted octanol–water partition coefficient (Wildman–Crippen LogP) is 7.55. The van der Waals surface area contributed by atoms with Gasteiger partial charge in [0.15, 0.2) is 0 Å². The largest absolute Gasteiger partial charge is 0.344 e. The fraction of sp³-hybridized carbons (Fsp3) is 0.519. The van der Waals surface area contributed by atoms with Crippen LogP contribution in [0.25, 0.3) is 0 Å². The van der Waals surface area contributed by atoms with Gasteiger partial charge in [0.05, 0.1) is 0 Å². The highest BCUT2D eigenvalue weighted by atomic mass is 19.1. The van der Waals surface area contributed by atoms with Crippen LogP contribution < -0.4 is 4.90 Å². The number of allylic oxidation sites excluding steroid dienone is 1. The summed E-state index contributed by atoms with van der Waals surface area (Å²) < 4.78 is 13.6. The van der Waals surface area contributed by atoms with Crippen LogP contribution in [0.3, 0.4) is 0 Å². The maximum Gasteiger partial charge on any atom is 0.123 e. The summed E-state index contributed by atoms with van der Waals surface area (Å²) in [5, 5.41) is 0. The van der Waals surface area contributed by atoms with E-state index in [4.69, 9.17) is 0 Å². The monoisotopic (exact) mass is 408 g/mol. The maximum absolute atomic E-state index is 13.6. The summed E-state index contributed by atoms with van der Waals surface area (Å²) in [6.45, 7) is 14.7. The lowest BCUT2D eigenvalue weighted by molar-refractivity contribution is 0.0817. The number of anilines is 1. The highest BCUT2D eigenvalue weighted by Gasteiger charge is 2.38. The molecule has 2 nitrogen and oxygen atoms in total. The predicted molar refractivity (Wildman–Crippen MR) is 125 cm³/mol. The van der Waals surface area contributed by atoms with Gasteiger partial charge in [-0.1, -0.05) is 46.3 Å². The Morgan fingerprint density at radius 2 is 1.73 bits per heavy atom. The molecule has 0 atom stereocenters. The van der Waals surface area contributed by atoms with E-state index in [-0.39, 0.29) is 5.82 Å². The second kappa shape index (κ2) is 8.91. The molecule has 1 saturated carbocycles. The first-order chi connectivity index (χ1) is 14.1. The van der Waals surface area contributed by atoms with Gasteiger partial charge in [0.1, 0.15) is 5.82 Å². The fourth-order valence-corrected chi connectivity index (χ4v) is 5.48. The van der Waals surface area contributed by atoms with Gasteiger partial charge in [0.25, 0.3) is 0 Å². The van der Waals surface area contributed by atoms with Crippen molar-refractivity contribution in [1.82, 2.24) is 4.98 Å². The summed E-state index contributed by atoms with van der Waals surface area (Å²) in [5.41, 5.74) is 5.45. The number of benzene rings is 1. The van der Waals surface area contributed by atoms with Crippen LogP contribution in [0.2, 0.25) is 0 Å². The second-order valence-corrected chi connectivity index (χ2v) is 10.6. The van der Waals surface area contributed by atoms with Crippen LogP contribution in [-0.4, -0.2) is 4.98 Å². The fourth-order valence-electron chi connectivity index (χ4n) is 5.48. The molecule has 1 aromatic carbocycles. The number of aromatic nitrogens is 1. The molecule has 3 rings (SSSR count). The zero-order valence-corrected chi connectivity index (χ0v) is 19.5. The van der Waals surface area contributed by atoms with Crippen molar-refractivity contribution in [1.29, 1.82) is 0 Å². The Hall–Kier alpha value is -2.16. The van der Waals surface area contributed by atoms with E-state index in [0.717, 1.165) is 24.3 Å². The third-order valence-corrected chi connectivity index (χ3v) is 6.38. The van der Waals surface area contributed by atoms with E-state index < -0.39 is 0 Å². The van der Waals surface area contributed by atoms with Crippen molar-refractivity contribution < 1.29 is 4.39 Å². The standard InChI is InChI=1S/C27H37FN2/c1-7-25-21(9-8-14-29-25)18-30(24-12-10-23(28)11-13-24)17-20(2)22-15-26(3,4)19-27(5,6)16-22/h8-14,17,22H,7,15-16,18-19H2,1-6H3/b20-17+. The molecule has 0 radical (unpaired) electrons. The Morgan fingerprint density at radius 3 is 2.33 bits per heavy atom. The Kier molecular flexibility index (Phi) is 6.69. The Labute approximate surface area is 182 Å². The topological polar surface area (TPSA) is 16.1 Å². The number of hydrogen-bond acceptors (Lipinski definition) is 2. The summed E-state index contributed by atoms with van der Waals surface area (Å²) in [6, 6.07) is 11.0. The summed E-state index contributed by atoms with van der Waals surface area (Å²) in [6.07, 6.45) is 8.74. The minimum Gasteiger partial charge on any atom is -0.344 e. The number of pyridine rings is 1. The zero-order chi connectivity index (χ0) is 21.9. The minimum absolute atomic E-state index is 0.203. The van der Waals surface area contributed by atoms with Crippen molar-refractivity contribution in [2.24, 2.45) is 16.7 Å². The zero-order valence-electron chi connectivity index (χ0n) is 19.5. The quantitative estimate of drug-likeness (QED) is 0.490. The summed E-state index contributed by atoms with van der Waals surface area (Å²) in [7, 11) is 0. The molecule has 0 amide bonds. The molecule has 1 aliphatic rings. The highest BCUT2D eigenvalue weighted by Crippen LogP contribution is 2.50. The van der Waals surface area contributed by atoms with Crippen molar-refractivity contribution >= 4 is 5.69 Å². The van der Waals surface area contributed by atoms with Gasteiger partial charge < -0.3 is 4.90 Å². The van der Waals surface area contributed by atoms with Crippen molar-refractivity contribution in [3.05, 3.63) is 71.4 Å². The summed E-state index contributed by atoms with van der Waals surface area (Å²) in [5.74, 6) is 0.358. The van der Waals surface area contributed by atoms with E-state index in [9.17, 15) is 4.39 Å². The van der Waals surface area contributed by atoms with Crippen molar-refractivity contribution in [2.45, 2.75) is 73.8 Å². The van der Waals surface area contributed by atoms with Crippen LogP contribution in [0.5, 0.6) is 0 Å². The molecule has 0 bridgehead atoms. The summed E-state index contributed by atoms with van der Waals surface area (Å²) >= 11 is 0. The molecule has 2 aromatic rings. The van der Waals surface area contributed by atoms with Crippen molar-refractivity contribution in [3.8, 4) is 0 Å². The molecule has 0 saturated heterocycles. The molecule has 3 heteroatoms. The minimum atomic E-state index is -0.203. The SMILES string of the molecule is CCc1ncccc1CN(/C=C(\C)C1CC(C)(C)CC(C)(C)C1)c1ccc(F)cc1. The van der Waals surface area contributed by atoms with Crippen LogP contribution in [0.4, 0.5) is 10.1 Å². The Morgan fingerprint density at radius 1 is 1.10 bits per heavy atom. The highest BCUT2D eigenvalue weighted by molar-refractivity contribution is 5.50. The average Bonchev–Trinajstić information content (AvgIpc) is 2.66. The lowest BCUT2D eigenvalue weighted by Gasteiger charge is -2.45. The molecule has 162 valence electrons. The van der Waals surface area contributed by atoms with Gasteiger partial charge in [-0.05, 0) is 85.3 Å². The van der Waals surface area contributed by atoms with Gasteiger partial charge in [-0.3, -0.25) is 4.98 Å². The molecular formula is C27H37FN2. The first-order valence-electron chi connectivity index (χ1n) is 11.2. The van der Waals surface area contributed by atoms with E-state index in [2.05, 4.69) is 63.7 Å². The van der Waals surface area contributed by atoms with Gasteiger partial charge in [0, 0.05) is 30.3 Å². The number of aryl methyl sites for hydroxylation is 1. The number of rotatable bonds is 6. The smallest absolute Gasteiger partial charge is 0.123 e. The molecular weight excluding hydrogens is 371 g/mol. The molecule has 1 aromatic heterocycles. The van der Waals surface area contributed by atoms with E-state index >= 15 is 0 Å². The van der Waals surface area contributed by atoms with E-state index in [1.165, 1.54) is 30.4 Å². The number of hydrogen-bond donors (Lipinski definition) is 0. The molecule has 30 heavy (non-hydrogen) atoms. The molecule has 0 aliphatic heterocycles. The van der Waals surface area contributed by atoms with Gasteiger partial charge in [-0.25, -0.2) is 4.39 Å². The lowest BCUT2D eigenvalue weighted by Crippen LogP contribution is -2.34.